The van der Waals surface area contributed by atoms with Gasteiger partial charge in [0, 0.05) is 37.1 Å². The lowest BCUT2D eigenvalue weighted by molar-refractivity contribution is 0.0513. The van der Waals surface area contributed by atoms with Gasteiger partial charge >= 0.3 is 0 Å². The van der Waals surface area contributed by atoms with Crippen molar-refractivity contribution in [3.05, 3.63) is 47.7 Å². The van der Waals surface area contributed by atoms with Crippen molar-refractivity contribution in [2.24, 2.45) is 4.99 Å². The van der Waals surface area contributed by atoms with E-state index in [0.717, 1.165) is 56.6 Å². The van der Waals surface area contributed by atoms with Crippen molar-refractivity contribution in [1.82, 2.24) is 15.6 Å². The molecule has 0 bridgehead atoms. The lowest BCUT2D eigenvalue weighted by Crippen LogP contribution is -2.48. The number of guanidine groups is 1. The minimum absolute atomic E-state index is 0.0109. The third-order valence-corrected chi connectivity index (χ3v) is 5.76. The second kappa shape index (κ2) is 10.2. The standard InChI is InChI=1S/C24H36N4O3/c1-6-25-22(27-16-21-26-15-20(31-21)23(2,3)4)28-17-24(11-13-30-14-12-24)18-7-9-19(29-5)10-8-18/h7-10,15H,6,11-14,16-17H2,1-5H3,(H2,25,27,28). The summed E-state index contributed by atoms with van der Waals surface area (Å²) in [5, 5.41) is 6.88. The second-order valence-electron chi connectivity index (χ2n) is 9.04. The van der Waals surface area contributed by atoms with Gasteiger partial charge in [0.25, 0.3) is 0 Å². The topological polar surface area (TPSA) is 80.9 Å². The predicted octanol–water partition coefficient (Wildman–Crippen LogP) is 3.78. The molecule has 7 nitrogen and oxygen atoms in total. The molecule has 170 valence electrons. The highest BCUT2D eigenvalue weighted by atomic mass is 16.5. The van der Waals surface area contributed by atoms with Gasteiger partial charge in [-0.05, 0) is 37.5 Å². The summed E-state index contributed by atoms with van der Waals surface area (Å²) < 4.78 is 16.9. The van der Waals surface area contributed by atoms with E-state index in [1.807, 2.05) is 12.1 Å². The van der Waals surface area contributed by atoms with E-state index in [2.05, 4.69) is 55.4 Å². The first-order valence-electron chi connectivity index (χ1n) is 11.1. The Kier molecular flexibility index (Phi) is 7.59. The van der Waals surface area contributed by atoms with E-state index in [1.54, 1.807) is 13.3 Å². The van der Waals surface area contributed by atoms with Gasteiger partial charge in [-0.1, -0.05) is 32.9 Å². The van der Waals surface area contributed by atoms with E-state index in [0.29, 0.717) is 12.4 Å². The number of aromatic nitrogens is 1. The zero-order valence-electron chi connectivity index (χ0n) is 19.5. The number of hydrogen-bond acceptors (Lipinski definition) is 5. The van der Waals surface area contributed by atoms with E-state index in [9.17, 15) is 0 Å². The number of nitrogens with zero attached hydrogens (tertiary/aromatic N) is 2. The van der Waals surface area contributed by atoms with Crippen molar-refractivity contribution in [3.63, 3.8) is 0 Å². The molecule has 0 unspecified atom stereocenters. The number of nitrogens with one attached hydrogen (secondary N) is 2. The van der Waals surface area contributed by atoms with Crippen LogP contribution in [0.25, 0.3) is 0 Å². The Labute approximate surface area is 185 Å². The van der Waals surface area contributed by atoms with Gasteiger partial charge < -0.3 is 24.5 Å². The molecule has 0 amide bonds. The maximum absolute atomic E-state index is 5.88. The highest BCUT2D eigenvalue weighted by Crippen LogP contribution is 2.35. The van der Waals surface area contributed by atoms with Gasteiger partial charge in [-0.15, -0.1) is 0 Å². The SMILES string of the molecule is CCNC(=NCc1ncc(C(C)(C)C)o1)NCC1(c2ccc(OC)cc2)CCOCC1. The van der Waals surface area contributed by atoms with Gasteiger partial charge in [-0.2, -0.15) is 0 Å². The van der Waals surface area contributed by atoms with Crippen LogP contribution in [0, 0.1) is 0 Å². The van der Waals surface area contributed by atoms with Gasteiger partial charge in [0.2, 0.25) is 5.89 Å². The van der Waals surface area contributed by atoms with Gasteiger partial charge in [-0.3, -0.25) is 0 Å². The third kappa shape index (κ3) is 6.00. The van der Waals surface area contributed by atoms with Crippen molar-refractivity contribution in [2.45, 2.75) is 57.9 Å². The summed E-state index contributed by atoms with van der Waals surface area (Å²) in [5.41, 5.74) is 1.22. The van der Waals surface area contributed by atoms with Crippen LogP contribution >= 0.6 is 0 Å². The quantitative estimate of drug-likeness (QED) is 0.516. The number of hydrogen-bond donors (Lipinski definition) is 2. The Morgan fingerprint density at radius 3 is 2.45 bits per heavy atom. The fourth-order valence-electron chi connectivity index (χ4n) is 3.75. The number of aliphatic imine (C=N–C) groups is 1. The molecule has 1 fully saturated rings. The average Bonchev–Trinajstić information content (AvgIpc) is 3.26. The lowest BCUT2D eigenvalue weighted by atomic mass is 9.74. The number of rotatable bonds is 7. The zero-order chi connectivity index (χ0) is 22.3. The van der Waals surface area contributed by atoms with Crippen LogP contribution in [0.15, 0.2) is 39.9 Å². The summed E-state index contributed by atoms with van der Waals surface area (Å²) in [4.78, 5) is 9.09. The molecule has 1 aliphatic rings. The molecule has 2 aromatic rings. The minimum Gasteiger partial charge on any atom is -0.497 e. The number of oxazole rings is 1. The molecule has 1 saturated heterocycles. The van der Waals surface area contributed by atoms with E-state index in [4.69, 9.17) is 18.9 Å². The van der Waals surface area contributed by atoms with Crippen LogP contribution in [-0.2, 0) is 22.1 Å². The molecule has 0 spiro atoms. The first-order chi connectivity index (χ1) is 14.9. The van der Waals surface area contributed by atoms with Crippen molar-refractivity contribution < 1.29 is 13.9 Å². The molecule has 0 saturated carbocycles. The summed E-state index contributed by atoms with van der Waals surface area (Å²) in [6.45, 7) is 11.9. The third-order valence-electron chi connectivity index (χ3n) is 5.76. The van der Waals surface area contributed by atoms with Crippen molar-refractivity contribution >= 4 is 5.96 Å². The first-order valence-corrected chi connectivity index (χ1v) is 11.1. The number of methoxy groups -OCH3 is 1. The van der Waals surface area contributed by atoms with Crippen LogP contribution in [-0.4, -0.2) is 44.4 Å². The first kappa shape index (κ1) is 23.1. The van der Waals surface area contributed by atoms with Gasteiger partial charge in [-0.25, -0.2) is 9.98 Å². The van der Waals surface area contributed by atoms with Gasteiger partial charge in [0.15, 0.2) is 5.96 Å². The summed E-state index contributed by atoms with van der Waals surface area (Å²) in [5.74, 6) is 3.13. The second-order valence-corrected chi connectivity index (χ2v) is 9.04. The summed E-state index contributed by atoms with van der Waals surface area (Å²) >= 11 is 0. The van der Waals surface area contributed by atoms with Crippen LogP contribution in [0.3, 0.4) is 0 Å². The number of benzene rings is 1. The van der Waals surface area contributed by atoms with E-state index in [-0.39, 0.29) is 10.8 Å². The van der Waals surface area contributed by atoms with E-state index >= 15 is 0 Å². The number of ether oxygens (including phenoxy) is 2. The monoisotopic (exact) mass is 428 g/mol. The molecule has 1 aromatic carbocycles. The molecule has 7 heteroatoms. The maximum atomic E-state index is 5.88. The van der Waals surface area contributed by atoms with Crippen LogP contribution < -0.4 is 15.4 Å². The van der Waals surface area contributed by atoms with Crippen LogP contribution in [0.5, 0.6) is 5.75 Å². The van der Waals surface area contributed by atoms with Gasteiger partial charge in [0.05, 0.1) is 13.3 Å². The maximum Gasteiger partial charge on any atom is 0.216 e. The van der Waals surface area contributed by atoms with Crippen LogP contribution in [0.4, 0.5) is 0 Å². The van der Waals surface area contributed by atoms with Crippen LogP contribution in [0.2, 0.25) is 0 Å². The fraction of sp³-hybridized carbons (Fsp3) is 0.583. The van der Waals surface area contributed by atoms with Crippen molar-refractivity contribution in [3.8, 4) is 5.75 Å². The molecular formula is C24H36N4O3. The largest absolute Gasteiger partial charge is 0.497 e. The Morgan fingerprint density at radius 2 is 1.87 bits per heavy atom. The average molecular weight is 429 g/mol. The van der Waals surface area contributed by atoms with Crippen LogP contribution in [0.1, 0.15) is 57.8 Å². The molecule has 1 aliphatic heterocycles. The molecule has 1 aromatic heterocycles. The summed E-state index contributed by atoms with van der Waals surface area (Å²) in [7, 11) is 1.69. The van der Waals surface area contributed by atoms with Gasteiger partial charge in [0.1, 0.15) is 18.1 Å². The molecule has 2 N–H and O–H groups in total. The molecule has 3 rings (SSSR count). The van der Waals surface area contributed by atoms with E-state index < -0.39 is 0 Å². The molecule has 0 aliphatic carbocycles. The molecule has 0 atom stereocenters. The Hall–Kier alpha value is -2.54. The molecule has 0 radical (unpaired) electrons. The fourth-order valence-corrected chi connectivity index (χ4v) is 3.75. The smallest absolute Gasteiger partial charge is 0.216 e. The zero-order valence-corrected chi connectivity index (χ0v) is 19.5. The predicted molar refractivity (Wildman–Crippen MR) is 123 cm³/mol. The highest BCUT2D eigenvalue weighted by Gasteiger charge is 2.34. The Morgan fingerprint density at radius 1 is 1.16 bits per heavy atom. The normalized spacial score (nSPS) is 16.7. The molecule has 2 heterocycles. The molecule has 31 heavy (non-hydrogen) atoms. The van der Waals surface area contributed by atoms with E-state index in [1.165, 1.54) is 5.56 Å². The van der Waals surface area contributed by atoms with Crippen molar-refractivity contribution in [2.75, 3.05) is 33.4 Å². The minimum atomic E-state index is -0.0640. The Balaban J connectivity index is 1.72. The lowest BCUT2D eigenvalue weighted by Gasteiger charge is -2.38. The highest BCUT2D eigenvalue weighted by molar-refractivity contribution is 5.79. The summed E-state index contributed by atoms with van der Waals surface area (Å²) in [6, 6.07) is 8.38. The summed E-state index contributed by atoms with van der Waals surface area (Å²) in [6.07, 6.45) is 3.72. The molecular weight excluding hydrogens is 392 g/mol. The Bertz CT molecular complexity index is 846. The van der Waals surface area contributed by atoms with Crippen molar-refractivity contribution in [1.29, 1.82) is 0 Å².